The van der Waals surface area contributed by atoms with Crippen molar-refractivity contribution in [2.45, 2.75) is 63.6 Å². The number of nitrogens with zero attached hydrogens (tertiary/aromatic N) is 4. The number of nitrogens with one attached hydrogen (secondary N) is 1. The van der Waals surface area contributed by atoms with E-state index in [-0.39, 0.29) is 18.6 Å². The lowest BCUT2D eigenvalue weighted by molar-refractivity contribution is -0.139. The Bertz CT molecular complexity index is 1220. The molecule has 3 aromatic rings. The molecule has 0 unspecified atom stereocenters. The van der Waals surface area contributed by atoms with Gasteiger partial charge < -0.3 is 15.0 Å². The highest BCUT2D eigenvalue weighted by atomic mass is 32.1. The molecule has 1 N–H and O–H groups in total. The zero-order valence-corrected chi connectivity index (χ0v) is 22.4. The Labute approximate surface area is 224 Å². The van der Waals surface area contributed by atoms with E-state index in [1.165, 1.54) is 11.3 Å². The third-order valence-corrected chi connectivity index (χ3v) is 8.70. The van der Waals surface area contributed by atoms with E-state index < -0.39 is 12.6 Å². The van der Waals surface area contributed by atoms with Crippen LogP contribution < -0.4 is 10.1 Å². The molecule has 1 aliphatic heterocycles. The van der Waals surface area contributed by atoms with Crippen molar-refractivity contribution < 1.29 is 22.7 Å². The molecule has 0 atom stereocenters. The maximum absolute atomic E-state index is 13.0. The highest BCUT2D eigenvalue weighted by Crippen LogP contribution is 2.31. The largest absolute Gasteiger partial charge is 0.470 e. The number of aryl methyl sites for hydroxylation is 1. The van der Waals surface area contributed by atoms with Crippen molar-refractivity contribution >= 4 is 28.1 Å². The maximum atomic E-state index is 13.0. The smallest absolute Gasteiger partial charge is 0.392 e. The number of hydrogen-bond donors (Lipinski definition) is 1. The van der Waals surface area contributed by atoms with Crippen molar-refractivity contribution in [2.75, 3.05) is 26.2 Å². The Hall–Kier alpha value is -2.66. The molecule has 38 heavy (non-hydrogen) atoms. The number of carbonyl (C=O) groups is 1. The molecule has 206 valence electrons. The van der Waals surface area contributed by atoms with E-state index in [2.05, 4.69) is 20.3 Å². The van der Waals surface area contributed by atoms with Crippen LogP contribution in [0.5, 0.6) is 5.19 Å². The molecule has 0 saturated heterocycles. The Morgan fingerprint density at radius 3 is 2.76 bits per heavy atom. The first-order chi connectivity index (χ1) is 18.2. The van der Waals surface area contributed by atoms with Crippen LogP contribution in [0.4, 0.5) is 13.2 Å². The molecule has 5 rings (SSSR count). The van der Waals surface area contributed by atoms with Crippen molar-refractivity contribution in [3.05, 3.63) is 40.5 Å². The predicted molar refractivity (Wildman–Crippen MR) is 141 cm³/mol. The van der Waals surface area contributed by atoms with Crippen LogP contribution >= 0.6 is 11.3 Å². The van der Waals surface area contributed by atoms with Crippen LogP contribution in [0.1, 0.15) is 59.5 Å². The first-order valence-corrected chi connectivity index (χ1v) is 14.2. The fourth-order valence-electron chi connectivity index (χ4n) is 5.51. The average Bonchev–Trinajstić information content (AvgIpc) is 3.39. The minimum absolute atomic E-state index is 0.0217. The summed E-state index contributed by atoms with van der Waals surface area (Å²) in [4.78, 5) is 21.0. The highest BCUT2D eigenvalue weighted by molar-refractivity contribution is 7.13. The molecule has 0 radical (unpaired) electrons. The van der Waals surface area contributed by atoms with Crippen LogP contribution in [-0.2, 0) is 19.9 Å². The van der Waals surface area contributed by atoms with Crippen molar-refractivity contribution in [3.63, 3.8) is 0 Å². The third kappa shape index (κ3) is 6.85. The van der Waals surface area contributed by atoms with Crippen molar-refractivity contribution in [1.82, 2.24) is 25.0 Å². The first kappa shape index (κ1) is 26.9. The highest BCUT2D eigenvalue weighted by Gasteiger charge is 2.28. The number of benzene rings is 1. The SMILES string of the molecule is Cn1cc2c(C(=O)N[C@H]3CC[C@H](CCN4CCc5nc(OCCC(F)(F)F)sc5CC4)CC3)cccc2n1. The van der Waals surface area contributed by atoms with E-state index in [1.54, 1.807) is 4.68 Å². The zero-order valence-electron chi connectivity index (χ0n) is 21.6. The van der Waals surface area contributed by atoms with Gasteiger partial charge in [0, 0.05) is 49.1 Å². The summed E-state index contributed by atoms with van der Waals surface area (Å²) >= 11 is 1.39. The Morgan fingerprint density at radius 2 is 1.97 bits per heavy atom. The van der Waals surface area contributed by atoms with Gasteiger partial charge in [0.2, 0.25) is 0 Å². The van der Waals surface area contributed by atoms with Gasteiger partial charge in [-0.1, -0.05) is 17.4 Å². The lowest BCUT2D eigenvalue weighted by atomic mass is 9.84. The van der Waals surface area contributed by atoms with Gasteiger partial charge in [0.1, 0.15) is 0 Å². The quantitative estimate of drug-likeness (QED) is 0.421. The van der Waals surface area contributed by atoms with Gasteiger partial charge in [0.25, 0.3) is 11.1 Å². The summed E-state index contributed by atoms with van der Waals surface area (Å²) < 4.78 is 44.0. The molecule has 1 fully saturated rings. The van der Waals surface area contributed by atoms with Crippen LogP contribution in [0, 0.1) is 5.92 Å². The lowest BCUT2D eigenvalue weighted by Crippen LogP contribution is -2.38. The van der Waals surface area contributed by atoms with Crippen molar-refractivity contribution in [1.29, 1.82) is 0 Å². The number of ether oxygens (including phenoxy) is 1. The average molecular weight is 550 g/mol. The number of hydrogen-bond acceptors (Lipinski definition) is 6. The molecule has 1 aliphatic carbocycles. The maximum Gasteiger partial charge on any atom is 0.392 e. The minimum Gasteiger partial charge on any atom is -0.470 e. The normalized spacial score (nSPS) is 20.7. The van der Waals surface area contributed by atoms with Gasteiger partial charge in [0.15, 0.2) is 0 Å². The van der Waals surface area contributed by atoms with E-state index in [1.807, 2.05) is 31.4 Å². The summed E-state index contributed by atoms with van der Waals surface area (Å²) in [5.74, 6) is 0.639. The van der Waals surface area contributed by atoms with E-state index in [4.69, 9.17) is 4.74 Å². The summed E-state index contributed by atoms with van der Waals surface area (Å²) in [6.45, 7) is 2.50. The number of carbonyl (C=O) groups excluding carboxylic acids is 1. The van der Waals surface area contributed by atoms with Gasteiger partial charge in [-0.3, -0.25) is 9.48 Å². The summed E-state index contributed by atoms with van der Waals surface area (Å²) in [6.07, 6.45) is 3.75. The minimum atomic E-state index is -4.21. The topological polar surface area (TPSA) is 72.3 Å². The second-order valence-corrected chi connectivity index (χ2v) is 11.5. The van der Waals surface area contributed by atoms with Crippen LogP contribution in [0.3, 0.4) is 0 Å². The Kier molecular flexibility index (Phi) is 8.23. The molecule has 1 aromatic carbocycles. The van der Waals surface area contributed by atoms with Crippen molar-refractivity contribution in [2.24, 2.45) is 13.0 Å². The summed E-state index contributed by atoms with van der Waals surface area (Å²) in [7, 11) is 1.86. The van der Waals surface area contributed by atoms with Gasteiger partial charge >= 0.3 is 6.18 Å². The fraction of sp³-hybridized carbons (Fsp3) is 0.593. The summed E-state index contributed by atoms with van der Waals surface area (Å²) in [5, 5.41) is 8.88. The number of alkyl halides is 3. The Balaban J connectivity index is 1.03. The molecule has 2 aliphatic rings. The molecular formula is C27H34F3N5O2S. The Morgan fingerprint density at radius 1 is 1.18 bits per heavy atom. The molecule has 3 heterocycles. The second kappa shape index (κ2) is 11.6. The number of halogens is 3. The van der Waals surface area contributed by atoms with E-state index in [0.29, 0.717) is 16.7 Å². The standard InChI is InChI=1S/C27H34F3N5O2S/c1-34-17-21-20(3-2-4-22(21)33-34)25(36)31-19-7-5-18(6-8-19)9-13-35-14-10-23-24(11-15-35)38-26(32-23)37-16-12-27(28,29)30/h2-4,17-19H,5-16H2,1H3,(H,31,36)/t18-,19-. The molecule has 0 bridgehead atoms. The molecule has 0 spiro atoms. The number of rotatable bonds is 8. The first-order valence-electron chi connectivity index (χ1n) is 13.4. The van der Waals surface area contributed by atoms with Gasteiger partial charge in [-0.25, -0.2) is 4.98 Å². The molecule has 2 aromatic heterocycles. The van der Waals surface area contributed by atoms with Gasteiger partial charge in [0.05, 0.1) is 29.8 Å². The molecule has 7 nitrogen and oxygen atoms in total. The van der Waals surface area contributed by atoms with Crippen LogP contribution in [0.2, 0.25) is 0 Å². The van der Waals surface area contributed by atoms with Gasteiger partial charge in [-0.2, -0.15) is 18.3 Å². The second-order valence-electron chi connectivity index (χ2n) is 10.4. The monoisotopic (exact) mass is 549 g/mol. The predicted octanol–water partition coefficient (Wildman–Crippen LogP) is 5.14. The number of amides is 1. The lowest BCUT2D eigenvalue weighted by Gasteiger charge is -2.30. The molecular weight excluding hydrogens is 515 g/mol. The molecule has 1 amide bonds. The summed E-state index contributed by atoms with van der Waals surface area (Å²) in [5.41, 5.74) is 2.48. The van der Waals surface area contributed by atoms with Gasteiger partial charge in [-0.05, 0) is 63.1 Å². The van der Waals surface area contributed by atoms with Crippen LogP contribution in [0.25, 0.3) is 10.9 Å². The fourth-order valence-corrected chi connectivity index (χ4v) is 6.48. The summed E-state index contributed by atoms with van der Waals surface area (Å²) in [6, 6.07) is 5.87. The van der Waals surface area contributed by atoms with E-state index >= 15 is 0 Å². The zero-order chi connectivity index (χ0) is 26.7. The van der Waals surface area contributed by atoms with E-state index in [9.17, 15) is 18.0 Å². The van der Waals surface area contributed by atoms with Gasteiger partial charge in [-0.15, -0.1) is 0 Å². The number of aromatic nitrogens is 3. The number of thiazole rings is 1. The van der Waals surface area contributed by atoms with Crippen LogP contribution in [-0.4, -0.2) is 64.0 Å². The van der Waals surface area contributed by atoms with Crippen LogP contribution in [0.15, 0.2) is 24.4 Å². The van der Waals surface area contributed by atoms with Crippen molar-refractivity contribution in [3.8, 4) is 5.19 Å². The third-order valence-electron chi connectivity index (χ3n) is 7.63. The van der Waals surface area contributed by atoms with E-state index in [0.717, 1.165) is 86.1 Å². The molecule has 11 heteroatoms. The molecule has 1 saturated carbocycles. The number of fused-ring (bicyclic) bond motifs is 2.